The number of hydrogen-bond donors (Lipinski definition) is 2. The maximum absolute atomic E-state index is 10.3. The van der Waals surface area contributed by atoms with Crippen LogP contribution in [0.4, 0.5) is 0 Å². The van der Waals surface area contributed by atoms with Crippen molar-refractivity contribution in [1.29, 1.82) is 0 Å². The molecular weight excluding hydrogens is 288 g/mol. The Kier molecular flexibility index (Phi) is 4.89. The van der Waals surface area contributed by atoms with Crippen LogP contribution in [0.15, 0.2) is 24.3 Å². The molecule has 23 heavy (non-hydrogen) atoms. The Balaban J connectivity index is 2.46. The summed E-state index contributed by atoms with van der Waals surface area (Å²) in [6.45, 7) is 14.5. The Labute approximate surface area is 141 Å². The molecule has 0 radical (unpaired) electrons. The molecule has 2 rings (SSSR count). The summed E-state index contributed by atoms with van der Waals surface area (Å²) in [4.78, 5) is 5.00. The molecule has 0 aromatic carbocycles. The zero-order valence-electron chi connectivity index (χ0n) is 15.5. The van der Waals surface area contributed by atoms with Crippen molar-refractivity contribution in [2.45, 2.75) is 84.3 Å². The molecule has 0 aromatic rings. The molecule has 0 heterocycles. The highest BCUT2D eigenvalue weighted by Crippen LogP contribution is 2.62. The summed E-state index contributed by atoms with van der Waals surface area (Å²) in [6.07, 6.45) is 9.61. The first-order valence-electron chi connectivity index (χ1n) is 8.90. The molecule has 0 saturated heterocycles. The number of rotatable bonds is 4. The molecule has 2 saturated carbocycles. The van der Waals surface area contributed by atoms with Crippen LogP contribution in [-0.2, 0) is 4.89 Å². The van der Waals surface area contributed by atoms with E-state index in [1.165, 1.54) is 12.8 Å². The lowest BCUT2D eigenvalue weighted by Gasteiger charge is -2.58. The molecule has 2 aliphatic rings. The molecule has 0 aromatic heterocycles. The van der Waals surface area contributed by atoms with Crippen LogP contribution in [0.1, 0.15) is 73.1 Å². The third-order valence-electron chi connectivity index (χ3n) is 6.69. The lowest BCUT2D eigenvalue weighted by molar-refractivity contribution is -0.318. The summed E-state index contributed by atoms with van der Waals surface area (Å²) in [5, 5.41) is 19.9. The van der Waals surface area contributed by atoms with Crippen LogP contribution in [0.3, 0.4) is 0 Å². The van der Waals surface area contributed by atoms with Gasteiger partial charge in [-0.1, -0.05) is 39.3 Å². The Hall–Kier alpha value is -0.640. The largest absolute Gasteiger partial charge is 0.386 e. The first-order valence-corrected chi connectivity index (χ1v) is 8.90. The van der Waals surface area contributed by atoms with Crippen LogP contribution in [-0.4, -0.2) is 21.6 Å². The third-order valence-corrected chi connectivity index (χ3v) is 6.69. The summed E-state index contributed by atoms with van der Waals surface area (Å²) < 4.78 is 0. The van der Waals surface area contributed by atoms with E-state index in [0.717, 1.165) is 24.8 Å². The summed E-state index contributed by atoms with van der Waals surface area (Å²) in [5.74, 6) is 0.576. The van der Waals surface area contributed by atoms with Gasteiger partial charge in [-0.15, -0.1) is 6.58 Å². The van der Waals surface area contributed by atoms with Gasteiger partial charge in [-0.05, 0) is 68.3 Å². The summed E-state index contributed by atoms with van der Waals surface area (Å²) in [6, 6.07) is 0. The number of aliphatic hydroxyl groups is 1. The van der Waals surface area contributed by atoms with Crippen LogP contribution in [0, 0.1) is 16.7 Å². The van der Waals surface area contributed by atoms with Gasteiger partial charge in [0.1, 0.15) is 5.60 Å². The quantitative estimate of drug-likeness (QED) is 0.429. The van der Waals surface area contributed by atoms with Crippen LogP contribution < -0.4 is 0 Å². The fourth-order valence-electron chi connectivity index (χ4n) is 5.25. The third kappa shape index (κ3) is 3.29. The topological polar surface area (TPSA) is 49.7 Å². The molecule has 3 nitrogen and oxygen atoms in total. The molecule has 0 spiro atoms. The van der Waals surface area contributed by atoms with E-state index in [9.17, 15) is 10.4 Å². The Bertz CT molecular complexity index is 491. The van der Waals surface area contributed by atoms with E-state index in [1.54, 1.807) is 13.0 Å². The first kappa shape index (κ1) is 18.7. The lowest BCUT2D eigenvalue weighted by Crippen LogP contribution is -2.53. The Morgan fingerprint density at radius 2 is 1.91 bits per heavy atom. The van der Waals surface area contributed by atoms with Gasteiger partial charge in [-0.3, -0.25) is 5.26 Å². The first-order chi connectivity index (χ1) is 10.5. The maximum atomic E-state index is 10.3. The van der Waals surface area contributed by atoms with Crippen LogP contribution in [0.25, 0.3) is 0 Å². The lowest BCUT2D eigenvalue weighted by atomic mass is 9.47. The molecule has 3 heteroatoms. The molecule has 0 bridgehead atoms. The van der Waals surface area contributed by atoms with E-state index in [2.05, 4.69) is 33.4 Å². The summed E-state index contributed by atoms with van der Waals surface area (Å²) in [7, 11) is 0. The van der Waals surface area contributed by atoms with E-state index in [4.69, 9.17) is 4.89 Å². The van der Waals surface area contributed by atoms with E-state index in [1.807, 2.05) is 6.92 Å². The van der Waals surface area contributed by atoms with Crippen LogP contribution in [0.2, 0.25) is 0 Å². The van der Waals surface area contributed by atoms with Crippen molar-refractivity contribution < 1.29 is 15.3 Å². The van der Waals surface area contributed by atoms with Crippen molar-refractivity contribution in [3.63, 3.8) is 0 Å². The minimum absolute atomic E-state index is 0.00866. The average Bonchev–Trinajstić information content (AvgIpc) is 2.45. The van der Waals surface area contributed by atoms with Crippen molar-refractivity contribution in [1.82, 2.24) is 0 Å². The van der Waals surface area contributed by atoms with Crippen molar-refractivity contribution in [3.8, 4) is 0 Å². The van der Waals surface area contributed by atoms with Gasteiger partial charge < -0.3 is 5.11 Å². The van der Waals surface area contributed by atoms with Crippen LogP contribution >= 0.6 is 0 Å². The van der Waals surface area contributed by atoms with E-state index < -0.39 is 11.2 Å². The van der Waals surface area contributed by atoms with Crippen molar-refractivity contribution in [3.05, 3.63) is 24.3 Å². The molecule has 2 aliphatic carbocycles. The maximum Gasteiger partial charge on any atom is 0.122 e. The molecule has 4 atom stereocenters. The highest BCUT2D eigenvalue weighted by Gasteiger charge is 2.56. The Morgan fingerprint density at radius 3 is 2.48 bits per heavy atom. The Morgan fingerprint density at radius 1 is 1.26 bits per heavy atom. The normalized spacial score (nSPS) is 41.2. The van der Waals surface area contributed by atoms with Gasteiger partial charge in [0.15, 0.2) is 0 Å². The minimum atomic E-state index is -0.934. The highest BCUT2D eigenvalue weighted by molar-refractivity contribution is 5.30. The molecule has 0 unspecified atom stereocenters. The summed E-state index contributed by atoms with van der Waals surface area (Å²) >= 11 is 0. The molecule has 132 valence electrons. The SMILES string of the molecule is C=C[C@@](C)(O)C/C=C1\[C@@](C)(OO)CC[C@H]2C(C)(C)CCC[C@]12C. The van der Waals surface area contributed by atoms with Gasteiger partial charge >= 0.3 is 0 Å². The standard InChI is InChI=1S/C20H34O3/c1-7-18(4,21)13-9-16-19(5)12-8-11-17(2,3)15(19)10-14-20(16,6)23-22/h7,9,15,21-22H,1,8,10-14H2,2-6H3/b16-9-/t15-,18+,19-,20-/m0/s1. The average molecular weight is 322 g/mol. The van der Waals surface area contributed by atoms with Gasteiger partial charge in [-0.2, -0.15) is 0 Å². The van der Waals surface area contributed by atoms with Crippen LogP contribution in [0.5, 0.6) is 0 Å². The fraction of sp³-hybridized carbons (Fsp3) is 0.800. The molecule has 2 N–H and O–H groups in total. The smallest absolute Gasteiger partial charge is 0.122 e. The van der Waals surface area contributed by atoms with Gasteiger partial charge in [0.25, 0.3) is 0 Å². The van der Waals surface area contributed by atoms with E-state index >= 15 is 0 Å². The number of fused-ring (bicyclic) bond motifs is 1. The zero-order valence-corrected chi connectivity index (χ0v) is 15.5. The summed E-state index contributed by atoms with van der Waals surface area (Å²) in [5.41, 5.74) is -0.135. The second-order valence-electron chi connectivity index (χ2n) is 9.06. The van der Waals surface area contributed by atoms with E-state index in [-0.39, 0.29) is 5.41 Å². The van der Waals surface area contributed by atoms with Crippen molar-refractivity contribution in [2.75, 3.05) is 0 Å². The monoisotopic (exact) mass is 322 g/mol. The zero-order chi connectivity index (χ0) is 17.5. The molecule has 0 aliphatic heterocycles. The predicted octanol–water partition coefficient (Wildman–Crippen LogP) is 5.11. The molecule has 2 fully saturated rings. The van der Waals surface area contributed by atoms with Gasteiger partial charge in [-0.25, -0.2) is 4.89 Å². The van der Waals surface area contributed by atoms with Crippen molar-refractivity contribution in [2.24, 2.45) is 16.7 Å². The van der Waals surface area contributed by atoms with Gasteiger partial charge in [0.2, 0.25) is 0 Å². The molecule has 0 amide bonds. The minimum Gasteiger partial charge on any atom is -0.386 e. The second kappa shape index (κ2) is 6.02. The second-order valence-corrected chi connectivity index (χ2v) is 9.06. The van der Waals surface area contributed by atoms with E-state index in [0.29, 0.717) is 17.8 Å². The van der Waals surface area contributed by atoms with Crippen molar-refractivity contribution >= 4 is 0 Å². The predicted molar refractivity (Wildman–Crippen MR) is 94.1 cm³/mol. The fourth-order valence-corrected chi connectivity index (χ4v) is 5.25. The molecular formula is C20H34O3. The van der Waals surface area contributed by atoms with Gasteiger partial charge in [0.05, 0.1) is 5.60 Å². The number of hydrogen-bond acceptors (Lipinski definition) is 3. The van der Waals surface area contributed by atoms with Gasteiger partial charge in [0, 0.05) is 0 Å². The highest BCUT2D eigenvalue weighted by atomic mass is 17.1.